The van der Waals surface area contributed by atoms with Crippen molar-refractivity contribution in [1.29, 1.82) is 0 Å². The van der Waals surface area contributed by atoms with Gasteiger partial charge in [-0.3, -0.25) is 9.78 Å². The van der Waals surface area contributed by atoms with Gasteiger partial charge in [-0.1, -0.05) is 18.2 Å². The highest BCUT2D eigenvalue weighted by Crippen LogP contribution is 2.20. The van der Waals surface area contributed by atoms with Crippen LogP contribution in [0, 0.1) is 0 Å². The predicted octanol–water partition coefficient (Wildman–Crippen LogP) is 2.94. The lowest BCUT2D eigenvalue weighted by atomic mass is 10.2. The Morgan fingerprint density at radius 2 is 1.82 bits per heavy atom. The first kappa shape index (κ1) is 19.8. The van der Waals surface area contributed by atoms with Gasteiger partial charge in [0.25, 0.3) is 0 Å². The quantitative estimate of drug-likeness (QED) is 0.607. The molecule has 0 fully saturated rings. The molecule has 1 aromatic heterocycles. The number of para-hydroxylation sites is 1. The first-order chi connectivity index (χ1) is 13.5. The Balaban J connectivity index is 1.57. The number of fused-ring (bicyclic) bond motifs is 1. The summed E-state index contributed by atoms with van der Waals surface area (Å²) in [5, 5.41) is 3.69. The van der Waals surface area contributed by atoms with E-state index in [2.05, 4.69) is 15.0 Å². The molecule has 0 unspecified atom stereocenters. The highest BCUT2D eigenvalue weighted by Gasteiger charge is 2.14. The molecule has 8 heteroatoms. The number of nitrogens with zero attached hydrogens (tertiary/aromatic N) is 1. The van der Waals surface area contributed by atoms with E-state index < -0.39 is 10.0 Å². The minimum atomic E-state index is -3.69. The van der Waals surface area contributed by atoms with Crippen molar-refractivity contribution in [3.8, 4) is 5.75 Å². The molecule has 2 N–H and O–H groups in total. The van der Waals surface area contributed by atoms with Gasteiger partial charge in [-0.15, -0.1) is 0 Å². The summed E-state index contributed by atoms with van der Waals surface area (Å²) in [6.45, 7) is 2.34. The third-order valence-electron chi connectivity index (χ3n) is 4.00. The highest BCUT2D eigenvalue weighted by molar-refractivity contribution is 7.89. The van der Waals surface area contributed by atoms with Crippen molar-refractivity contribution in [1.82, 2.24) is 9.71 Å². The zero-order chi connectivity index (χ0) is 20.0. The Kier molecular flexibility index (Phi) is 6.23. The van der Waals surface area contributed by atoms with Crippen LogP contribution in [0.3, 0.4) is 0 Å². The molecule has 0 radical (unpaired) electrons. The monoisotopic (exact) mass is 399 g/mol. The molecule has 0 aliphatic carbocycles. The standard InChI is InChI=1S/C20H21N3O4S/c1-2-27-16-8-10-17(11-9-16)28(25,26)22-14-12-19(24)23-18-7-3-5-15-6-4-13-21-20(15)18/h3-11,13,22H,2,12,14H2,1H3,(H,23,24). The summed E-state index contributed by atoms with van der Waals surface area (Å²) in [5.74, 6) is 0.303. The van der Waals surface area contributed by atoms with Gasteiger partial charge in [-0.05, 0) is 43.3 Å². The molecular weight excluding hydrogens is 378 g/mol. The molecule has 0 spiro atoms. The van der Waals surface area contributed by atoms with E-state index in [1.807, 2.05) is 31.2 Å². The lowest BCUT2D eigenvalue weighted by Gasteiger charge is -2.10. The molecular formula is C20H21N3O4S. The summed E-state index contributed by atoms with van der Waals surface area (Å²) >= 11 is 0. The molecule has 146 valence electrons. The second-order valence-corrected chi connectivity index (χ2v) is 7.75. The van der Waals surface area contributed by atoms with Crippen LogP contribution in [-0.4, -0.2) is 32.5 Å². The largest absolute Gasteiger partial charge is 0.494 e. The van der Waals surface area contributed by atoms with E-state index in [1.54, 1.807) is 24.4 Å². The molecule has 1 amide bonds. The molecule has 2 aromatic carbocycles. The predicted molar refractivity (Wildman–Crippen MR) is 108 cm³/mol. The Morgan fingerprint density at radius 1 is 1.07 bits per heavy atom. The zero-order valence-electron chi connectivity index (χ0n) is 15.4. The highest BCUT2D eigenvalue weighted by atomic mass is 32.2. The van der Waals surface area contributed by atoms with Crippen LogP contribution in [0.1, 0.15) is 13.3 Å². The first-order valence-corrected chi connectivity index (χ1v) is 10.3. The maximum Gasteiger partial charge on any atom is 0.240 e. The third-order valence-corrected chi connectivity index (χ3v) is 5.47. The molecule has 0 atom stereocenters. The first-order valence-electron chi connectivity index (χ1n) is 8.86. The van der Waals surface area contributed by atoms with Crippen LogP contribution in [0.4, 0.5) is 5.69 Å². The number of sulfonamides is 1. The van der Waals surface area contributed by atoms with Crippen molar-refractivity contribution >= 4 is 32.5 Å². The SMILES string of the molecule is CCOc1ccc(S(=O)(=O)NCCC(=O)Nc2cccc3cccnc23)cc1. The van der Waals surface area contributed by atoms with Crippen LogP contribution in [0.2, 0.25) is 0 Å². The van der Waals surface area contributed by atoms with Gasteiger partial charge in [0, 0.05) is 24.5 Å². The van der Waals surface area contributed by atoms with E-state index in [0.29, 0.717) is 23.6 Å². The molecule has 28 heavy (non-hydrogen) atoms. The Hall–Kier alpha value is -2.97. The number of hydrogen-bond acceptors (Lipinski definition) is 5. The van der Waals surface area contributed by atoms with Crippen LogP contribution < -0.4 is 14.8 Å². The van der Waals surface area contributed by atoms with Gasteiger partial charge in [0.05, 0.1) is 22.7 Å². The lowest BCUT2D eigenvalue weighted by molar-refractivity contribution is -0.116. The smallest absolute Gasteiger partial charge is 0.240 e. The van der Waals surface area contributed by atoms with Gasteiger partial charge in [0.2, 0.25) is 15.9 Å². The van der Waals surface area contributed by atoms with E-state index in [1.165, 1.54) is 12.1 Å². The molecule has 0 saturated carbocycles. The maximum atomic E-state index is 12.3. The maximum absolute atomic E-state index is 12.3. The van der Waals surface area contributed by atoms with Crippen LogP contribution >= 0.6 is 0 Å². The molecule has 3 rings (SSSR count). The fourth-order valence-electron chi connectivity index (χ4n) is 2.68. The van der Waals surface area contributed by atoms with Crippen LogP contribution in [-0.2, 0) is 14.8 Å². The molecule has 1 heterocycles. The molecule has 0 aliphatic heterocycles. The van der Waals surface area contributed by atoms with Gasteiger partial charge in [0.15, 0.2) is 0 Å². The van der Waals surface area contributed by atoms with Crippen LogP contribution in [0.25, 0.3) is 10.9 Å². The lowest BCUT2D eigenvalue weighted by Crippen LogP contribution is -2.27. The number of ether oxygens (including phenoxy) is 1. The number of nitrogens with one attached hydrogen (secondary N) is 2. The van der Waals surface area contributed by atoms with Gasteiger partial charge in [-0.2, -0.15) is 0 Å². The van der Waals surface area contributed by atoms with E-state index >= 15 is 0 Å². The van der Waals surface area contributed by atoms with Crippen molar-refractivity contribution in [3.63, 3.8) is 0 Å². The topological polar surface area (TPSA) is 97.4 Å². The molecule has 0 bridgehead atoms. The summed E-state index contributed by atoms with van der Waals surface area (Å²) < 4.78 is 32.4. The van der Waals surface area contributed by atoms with Gasteiger partial charge >= 0.3 is 0 Å². The minimum Gasteiger partial charge on any atom is -0.494 e. The van der Waals surface area contributed by atoms with E-state index in [9.17, 15) is 13.2 Å². The fraction of sp³-hybridized carbons (Fsp3) is 0.200. The fourth-order valence-corrected chi connectivity index (χ4v) is 3.71. The summed E-state index contributed by atoms with van der Waals surface area (Å²) in [4.78, 5) is 16.6. The number of benzene rings is 2. The van der Waals surface area contributed by atoms with E-state index in [0.717, 1.165) is 5.39 Å². The van der Waals surface area contributed by atoms with E-state index in [-0.39, 0.29) is 23.8 Å². The number of carbonyl (C=O) groups is 1. The molecule has 0 aliphatic rings. The molecule has 0 saturated heterocycles. The number of amides is 1. The average Bonchev–Trinajstić information content (AvgIpc) is 2.69. The van der Waals surface area contributed by atoms with Crippen molar-refractivity contribution in [2.45, 2.75) is 18.2 Å². The van der Waals surface area contributed by atoms with E-state index in [4.69, 9.17) is 4.74 Å². The molecule has 7 nitrogen and oxygen atoms in total. The summed E-state index contributed by atoms with van der Waals surface area (Å²) in [6, 6.07) is 15.3. The number of hydrogen-bond donors (Lipinski definition) is 2. The average molecular weight is 399 g/mol. The van der Waals surface area contributed by atoms with Crippen molar-refractivity contribution in [2.75, 3.05) is 18.5 Å². The zero-order valence-corrected chi connectivity index (χ0v) is 16.2. The molecule has 3 aromatic rings. The number of carbonyl (C=O) groups excluding carboxylic acids is 1. The van der Waals surface area contributed by atoms with Crippen molar-refractivity contribution < 1.29 is 17.9 Å². The Morgan fingerprint density at radius 3 is 2.57 bits per heavy atom. The van der Waals surface area contributed by atoms with Crippen molar-refractivity contribution in [2.24, 2.45) is 0 Å². The minimum absolute atomic E-state index is 0.000515. The summed E-state index contributed by atoms with van der Waals surface area (Å²) in [7, 11) is -3.69. The summed E-state index contributed by atoms with van der Waals surface area (Å²) in [6.07, 6.45) is 1.66. The van der Waals surface area contributed by atoms with Crippen molar-refractivity contribution in [3.05, 3.63) is 60.8 Å². The Bertz CT molecular complexity index is 1060. The number of pyridine rings is 1. The normalized spacial score (nSPS) is 11.3. The van der Waals surface area contributed by atoms with Crippen LogP contribution in [0.15, 0.2) is 65.7 Å². The van der Waals surface area contributed by atoms with Crippen LogP contribution in [0.5, 0.6) is 5.75 Å². The van der Waals surface area contributed by atoms with Gasteiger partial charge in [0.1, 0.15) is 5.75 Å². The van der Waals surface area contributed by atoms with Gasteiger partial charge in [-0.25, -0.2) is 13.1 Å². The number of anilines is 1. The second-order valence-electron chi connectivity index (χ2n) is 5.98. The van der Waals surface area contributed by atoms with Gasteiger partial charge < -0.3 is 10.1 Å². The second kappa shape index (κ2) is 8.81. The summed E-state index contributed by atoms with van der Waals surface area (Å²) in [5.41, 5.74) is 1.28. The Labute approximate surface area is 163 Å². The third kappa shape index (κ3) is 4.85. The number of aromatic nitrogens is 1. The number of rotatable bonds is 8.